The highest BCUT2D eigenvalue weighted by Crippen LogP contribution is 2.25. The van der Waals surface area contributed by atoms with E-state index in [2.05, 4.69) is 5.32 Å². The fraction of sp³-hybridized carbons (Fsp3) is 0.286. The van der Waals surface area contributed by atoms with E-state index in [-0.39, 0.29) is 23.4 Å². The number of carbonyl (C=O) groups is 2. The Kier molecular flexibility index (Phi) is 10.2. The molecule has 1 N–H and O–H groups in total. The van der Waals surface area contributed by atoms with E-state index in [0.29, 0.717) is 15.7 Å². The fourth-order valence-corrected chi connectivity index (χ4v) is 5.36. The minimum atomic E-state index is -4.14. The fourth-order valence-electron chi connectivity index (χ4n) is 3.69. The number of para-hydroxylation sites is 1. The molecule has 2 amide bonds. The van der Waals surface area contributed by atoms with Crippen LogP contribution in [0.5, 0.6) is 0 Å². The summed E-state index contributed by atoms with van der Waals surface area (Å²) in [5.41, 5.74) is 1.07. The zero-order chi connectivity index (χ0) is 27.9. The van der Waals surface area contributed by atoms with Crippen molar-refractivity contribution in [2.45, 2.75) is 50.7 Å². The quantitative estimate of drug-likeness (QED) is 0.326. The molecule has 0 aromatic heterocycles. The van der Waals surface area contributed by atoms with Crippen LogP contribution in [0.4, 0.5) is 5.69 Å². The Morgan fingerprint density at radius 3 is 1.97 bits per heavy atom. The summed E-state index contributed by atoms with van der Waals surface area (Å²) in [6, 6.07) is 20.1. The monoisotopic (exact) mass is 575 g/mol. The molecule has 0 bridgehead atoms. The predicted molar refractivity (Wildman–Crippen MR) is 152 cm³/mol. The summed E-state index contributed by atoms with van der Waals surface area (Å²) in [5, 5.41) is 3.84. The molecule has 0 aliphatic rings. The van der Waals surface area contributed by atoms with Gasteiger partial charge in [0.15, 0.2) is 0 Å². The van der Waals surface area contributed by atoms with Gasteiger partial charge in [0.1, 0.15) is 12.6 Å². The van der Waals surface area contributed by atoms with Gasteiger partial charge in [0, 0.05) is 22.6 Å². The number of carbonyl (C=O) groups excluding carboxylic acids is 2. The number of rotatable bonds is 11. The normalized spacial score (nSPS) is 12.9. The van der Waals surface area contributed by atoms with Crippen molar-refractivity contribution < 1.29 is 18.0 Å². The lowest BCUT2D eigenvalue weighted by molar-refractivity contribution is -0.139. The third kappa shape index (κ3) is 7.49. The van der Waals surface area contributed by atoms with E-state index in [1.54, 1.807) is 61.5 Å². The van der Waals surface area contributed by atoms with E-state index in [1.165, 1.54) is 29.2 Å². The molecule has 0 saturated carbocycles. The molecule has 2 unspecified atom stereocenters. The van der Waals surface area contributed by atoms with Crippen molar-refractivity contribution in [2.24, 2.45) is 0 Å². The molecule has 0 aliphatic carbocycles. The van der Waals surface area contributed by atoms with Gasteiger partial charge in [-0.1, -0.05) is 60.5 Å². The molecule has 0 heterocycles. The van der Waals surface area contributed by atoms with Crippen molar-refractivity contribution in [3.05, 3.63) is 94.5 Å². The summed E-state index contributed by atoms with van der Waals surface area (Å²) >= 11 is 12.0. The first-order valence-corrected chi connectivity index (χ1v) is 14.4. The van der Waals surface area contributed by atoms with Crippen LogP contribution in [0.2, 0.25) is 10.0 Å². The van der Waals surface area contributed by atoms with E-state index in [9.17, 15) is 18.0 Å². The standard InChI is InChI=1S/C28H31Cl2N3O4S/c1-4-20(2)31-28(35)21(3)32(18-22-10-12-23(29)13-11-22)27(34)19-33(25-8-6-5-7-9-25)38(36,37)26-16-14-24(30)15-17-26/h5-17,20-21H,4,18-19H2,1-3H3,(H,31,35). The van der Waals surface area contributed by atoms with E-state index in [4.69, 9.17) is 23.2 Å². The summed E-state index contributed by atoms with van der Waals surface area (Å²) in [6.07, 6.45) is 0.727. The molecule has 2 atom stereocenters. The summed E-state index contributed by atoms with van der Waals surface area (Å²) < 4.78 is 28.5. The van der Waals surface area contributed by atoms with Crippen LogP contribution in [-0.4, -0.2) is 43.8 Å². The second kappa shape index (κ2) is 13.1. The zero-order valence-electron chi connectivity index (χ0n) is 21.5. The molecular weight excluding hydrogens is 545 g/mol. The average Bonchev–Trinajstić information content (AvgIpc) is 2.91. The molecule has 0 fully saturated rings. The minimum absolute atomic E-state index is 0.00892. The van der Waals surface area contributed by atoms with Crippen LogP contribution >= 0.6 is 23.2 Å². The lowest BCUT2D eigenvalue weighted by Crippen LogP contribution is -2.52. The average molecular weight is 577 g/mol. The van der Waals surface area contributed by atoms with Gasteiger partial charge in [-0.15, -0.1) is 0 Å². The van der Waals surface area contributed by atoms with Gasteiger partial charge in [0.05, 0.1) is 10.6 Å². The Bertz CT molecular complexity index is 1330. The molecule has 0 spiro atoms. The maximum atomic E-state index is 13.8. The van der Waals surface area contributed by atoms with Gasteiger partial charge in [0.2, 0.25) is 11.8 Å². The number of hydrogen-bond donors (Lipinski definition) is 1. The van der Waals surface area contributed by atoms with E-state index < -0.39 is 28.5 Å². The maximum Gasteiger partial charge on any atom is 0.264 e. The van der Waals surface area contributed by atoms with Gasteiger partial charge in [-0.05, 0) is 74.4 Å². The minimum Gasteiger partial charge on any atom is -0.352 e. The van der Waals surface area contributed by atoms with Crippen LogP contribution in [0.3, 0.4) is 0 Å². The van der Waals surface area contributed by atoms with E-state index in [1.807, 2.05) is 13.8 Å². The molecule has 10 heteroatoms. The van der Waals surface area contributed by atoms with Gasteiger partial charge >= 0.3 is 0 Å². The van der Waals surface area contributed by atoms with Crippen molar-refractivity contribution in [3.8, 4) is 0 Å². The van der Waals surface area contributed by atoms with Crippen molar-refractivity contribution in [1.29, 1.82) is 0 Å². The number of amides is 2. The maximum absolute atomic E-state index is 13.8. The number of nitrogens with zero attached hydrogens (tertiary/aromatic N) is 2. The summed E-state index contributed by atoms with van der Waals surface area (Å²) in [6.45, 7) is 5.04. The van der Waals surface area contributed by atoms with Crippen LogP contribution in [0.1, 0.15) is 32.8 Å². The van der Waals surface area contributed by atoms with Crippen LogP contribution in [0.25, 0.3) is 0 Å². The Morgan fingerprint density at radius 2 is 1.42 bits per heavy atom. The topological polar surface area (TPSA) is 86.8 Å². The lowest BCUT2D eigenvalue weighted by Gasteiger charge is -2.32. The number of halogens is 2. The molecule has 3 aromatic rings. The van der Waals surface area contributed by atoms with Crippen molar-refractivity contribution in [1.82, 2.24) is 10.2 Å². The Balaban J connectivity index is 1.99. The van der Waals surface area contributed by atoms with Crippen molar-refractivity contribution in [2.75, 3.05) is 10.8 Å². The second-order valence-electron chi connectivity index (χ2n) is 8.94. The summed E-state index contributed by atoms with van der Waals surface area (Å²) in [7, 11) is -4.14. The van der Waals surface area contributed by atoms with Gasteiger partial charge < -0.3 is 10.2 Å². The van der Waals surface area contributed by atoms with Crippen LogP contribution in [0, 0.1) is 0 Å². The number of hydrogen-bond acceptors (Lipinski definition) is 4. The first kappa shape index (κ1) is 29.5. The van der Waals surface area contributed by atoms with Crippen molar-refractivity contribution in [3.63, 3.8) is 0 Å². The second-order valence-corrected chi connectivity index (χ2v) is 11.7. The molecule has 202 valence electrons. The largest absolute Gasteiger partial charge is 0.352 e. The van der Waals surface area contributed by atoms with Gasteiger partial charge in [0.25, 0.3) is 10.0 Å². The first-order chi connectivity index (χ1) is 18.0. The number of anilines is 1. The third-order valence-electron chi connectivity index (χ3n) is 6.16. The van der Waals surface area contributed by atoms with Gasteiger partial charge in [-0.2, -0.15) is 0 Å². The Hall–Kier alpha value is -3.07. The van der Waals surface area contributed by atoms with Crippen LogP contribution in [0.15, 0.2) is 83.8 Å². The smallest absolute Gasteiger partial charge is 0.264 e. The molecule has 3 rings (SSSR count). The molecule has 0 aliphatic heterocycles. The van der Waals surface area contributed by atoms with E-state index in [0.717, 1.165) is 16.3 Å². The third-order valence-corrected chi connectivity index (χ3v) is 8.45. The highest BCUT2D eigenvalue weighted by atomic mass is 35.5. The van der Waals surface area contributed by atoms with E-state index >= 15 is 0 Å². The highest BCUT2D eigenvalue weighted by Gasteiger charge is 2.32. The highest BCUT2D eigenvalue weighted by molar-refractivity contribution is 7.92. The zero-order valence-corrected chi connectivity index (χ0v) is 23.8. The lowest BCUT2D eigenvalue weighted by atomic mass is 10.1. The molecule has 0 radical (unpaired) electrons. The Morgan fingerprint density at radius 1 is 0.868 bits per heavy atom. The predicted octanol–water partition coefficient (Wildman–Crippen LogP) is 5.52. The molecule has 38 heavy (non-hydrogen) atoms. The molecular formula is C28H31Cl2N3O4S. The van der Waals surface area contributed by atoms with Gasteiger partial charge in [-0.3, -0.25) is 13.9 Å². The molecule has 3 aromatic carbocycles. The first-order valence-electron chi connectivity index (χ1n) is 12.2. The van der Waals surface area contributed by atoms with Crippen molar-refractivity contribution >= 4 is 50.7 Å². The summed E-state index contributed by atoms with van der Waals surface area (Å²) in [5.74, 6) is -0.860. The molecule has 7 nitrogen and oxygen atoms in total. The SMILES string of the molecule is CCC(C)NC(=O)C(C)N(Cc1ccc(Cl)cc1)C(=O)CN(c1ccccc1)S(=O)(=O)c1ccc(Cl)cc1. The van der Waals surface area contributed by atoms with Gasteiger partial charge in [-0.25, -0.2) is 8.42 Å². The Labute approximate surface area is 234 Å². The number of sulfonamides is 1. The number of nitrogens with one attached hydrogen (secondary N) is 1. The van der Waals surface area contributed by atoms with Crippen LogP contribution < -0.4 is 9.62 Å². The van der Waals surface area contributed by atoms with Crippen LogP contribution in [-0.2, 0) is 26.2 Å². The molecule has 0 saturated heterocycles. The summed E-state index contributed by atoms with van der Waals surface area (Å²) in [4.78, 5) is 28.2. The number of benzene rings is 3.